The Hall–Kier alpha value is -3.64. The van der Waals surface area contributed by atoms with E-state index in [1.54, 1.807) is 25.3 Å². The number of nitrogen functional groups attached to an aromatic ring is 2. The van der Waals surface area contributed by atoms with E-state index in [1.807, 2.05) is 0 Å². The maximum atomic E-state index is 10.8. The molecule has 164 valence electrons. The fourth-order valence-corrected chi connectivity index (χ4v) is 2.11. The highest BCUT2D eigenvalue weighted by Gasteiger charge is 2.29. The second kappa shape index (κ2) is 12.7. The molecule has 0 aromatic heterocycles. The second-order valence-corrected chi connectivity index (χ2v) is 5.58. The molecule has 12 heteroatoms. The molecule has 0 spiro atoms. The number of nitro benzene ring substituents is 2. The predicted octanol–water partition coefficient (Wildman–Crippen LogP) is 2.40. The van der Waals surface area contributed by atoms with Gasteiger partial charge >= 0.3 is 11.4 Å². The number of hydrogen-bond acceptors (Lipinski definition) is 10. The van der Waals surface area contributed by atoms with Crippen molar-refractivity contribution in [1.82, 2.24) is 0 Å². The molecular weight excluding hydrogens is 400 g/mol. The van der Waals surface area contributed by atoms with Crippen LogP contribution in [0.5, 0.6) is 11.5 Å². The minimum absolute atomic E-state index is 0.0819. The Labute approximate surface area is 172 Å². The first-order chi connectivity index (χ1) is 14.3. The van der Waals surface area contributed by atoms with Gasteiger partial charge in [0.15, 0.2) is 0 Å². The summed E-state index contributed by atoms with van der Waals surface area (Å²) < 4.78 is 19.9. The number of hydrogen-bond donors (Lipinski definition) is 2. The lowest BCUT2D eigenvalue weighted by atomic mass is 10.2. The molecule has 30 heavy (non-hydrogen) atoms. The van der Waals surface area contributed by atoms with E-state index in [9.17, 15) is 20.2 Å². The fraction of sp³-hybridized carbons (Fsp3) is 0.333. The van der Waals surface area contributed by atoms with Crippen LogP contribution in [0.1, 0.15) is 0 Å². The molecule has 0 saturated carbocycles. The first kappa shape index (κ1) is 24.4. The third-order valence-corrected chi connectivity index (χ3v) is 3.55. The number of methoxy groups -OCH3 is 2. The summed E-state index contributed by atoms with van der Waals surface area (Å²) in [4.78, 5) is 19.7. The van der Waals surface area contributed by atoms with Crippen molar-refractivity contribution in [2.75, 3.05) is 52.1 Å². The van der Waals surface area contributed by atoms with E-state index in [0.29, 0.717) is 30.3 Å². The number of rotatable bonds is 10. The molecule has 0 aliphatic rings. The Bertz CT molecular complexity index is 847. The van der Waals surface area contributed by atoms with Crippen LogP contribution in [0.15, 0.2) is 36.4 Å². The number of benzene rings is 2. The normalized spacial score (nSPS) is 9.93. The molecule has 0 bridgehead atoms. The van der Waals surface area contributed by atoms with Gasteiger partial charge in [0, 0.05) is 20.3 Å². The molecule has 0 fully saturated rings. The summed E-state index contributed by atoms with van der Waals surface area (Å²) in [5.41, 5.74) is 11.0. The van der Waals surface area contributed by atoms with Crippen molar-refractivity contribution in [3.8, 4) is 11.5 Å². The summed E-state index contributed by atoms with van der Waals surface area (Å²) in [6.07, 6.45) is 0. The Morgan fingerprint density at radius 2 is 1.33 bits per heavy atom. The summed E-state index contributed by atoms with van der Waals surface area (Å²) in [7, 11) is 3.07. The summed E-state index contributed by atoms with van der Waals surface area (Å²) in [5, 5.41) is 21.4. The molecular formula is C18H24N4O8. The smallest absolute Gasteiger partial charge is 0.387 e. The van der Waals surface area contributed by atoms with Crippen LogP contribution in [-0.2, 0) is 9.47 Å². The lowest BCUT2D eigenvalue weighted by Crippen LogP contribution is -2.07. The largest absolute Gasteiger partial charge is 0.489 e. The molecule has 0 saturated heterocycles. The molecule has 4 N–H and O–H groups in total. The lowest BCUT2D eigenvalue weighted by molar-refractivity contribution is -0.423. The molecule has 0 aliphatic heterocycles. The Kier molecular flexibility index (Phi) is 10.4. The van der Waals surface area contributed by atoms with E-state index in [2.05, 4.69) is 0 Å². The van der Waals surface area contributed by atoms with Gasteiger partial charge in [-0.1, -0.05) is 12.1 Å². The fourth-order valence-electron chi connectivity index (χ4n) is 2.11. The van der Waals surface area contributed by atoms with E-state index in [1.165, 1.54) is 19.2 Å². The summed E-state index contributed by atoms with van der Waals surface area (Å²) in [5.74, 6) is 0.471. The van der Waals surface area contributed by atoms with Crippen molar-refractivity contribution in [1.29, 1.82) is 0 Å². The van der Waals surface area contributed by atoms with Crippen molar-refractivity contribution in [3.63, 3.8) is 0 Å². The van der Waals surface area contributed by atoms with Crippen LogP contribution in [0.4, 0.5) is 22.7 Å². The van der Waals surface area contributed by atoms with Gasteiger partial charge in [-0.15, -0.1) is 0 Å². The van der Waals surface area contributed by atoms with Gasteiger partial charge in [-0.3, -0.25) is 20.2 Å². The molecule has 0 radical (unpaired) electrons. The quantitative estimate of drug-likeness (QED) is 0.249. The van der Waals surface area contributed by atoms with Crippen molar-refractivity contribution < 1.29 is 28.8 Å². The topological polar surface area (TPSA) is 175 Å². The number of nitro groups is 2. The SMILES string of the molecule is COCCOc1cccc(N)c1N.COCCOc1cccc([N+](=O)[O-])c1[N+](=O)[O-]. The number of ether oxygens (including phenoxy) is 4. The minimum atomic E-state index is -0.833. The molecule has 0 amide bonds. The Morgan fingerprint density at radius 3 is 1.87 bits per heavy atom. The molecule has 2 aromatic carbocycles. The first-order valence-corrected chi connectivity index (χ1v) is 8.62. The standard InChI is InChI=1S/C9H10N2O6.C9H14N2O2/c1-16-5-6-17-8-4-2-3-7(10(12)13)9(8)11(14)15;1-12-5-6-13-8-4-2-3-7(10)9(8)11/h2-4H,5-6H2,1H3;2-4H,5-6,10-11H2,1H3. The van der Waals surface area contributed by atoms with E-state index in [-0.39, 0.29) is 19.0 Å². The van der Waals surface area contributed by atoms with Crippen LogP contribution in [0, 0.1) is 20.2 Å². The van der Waals surface area contributed by atoms with Crippen molar-refractivity contribution in [2.45, 2.75) is 0 Å². The molecule has 0 atom stereocenters. The van der Waals surface area contributed by atoms with Gasteiger partial charge in [0.1, 0.15) is 19.0 Å². The number of anilines is 2. The zero-order valence-electron chi connectivity index (χ0n) is 16.6. The van der Waals surface area contributed by atoms with E-state index in [4.69, 9.17) is 30.4 Å². The van der Waals surface area contributed by atoms with Gasteiger partial charge in [0.2, 0.25) is 5.75 Å². The number of nitrogens with two attached hydrogens (primary N) is 2. The highest BCUT2D eigenvalue weighted by atomic mass is 16.6. The van der Waals surface area contributed by atoms with Gasteiger partial charge < -0.3 is 30.4 Å². The number of nitrogens with zero attached hydrogens (tertiary/aromatic N) is 2. The van der Waals surface area contributed by atoms with Gasteiger partial charge in [0.05, 0.1) is 34.4 Å². The Morgan fingerprint density at radius 1 is 0.800 bits per heavy atom. The third-order valence-electron chi connectivity index (χ3n) is 3.55. The van der Waals surface area contributed by atoms with Crippen LogP contribution >= 0.6 is 0 Å². The van der Waals surface area contributed by atoms with Gasteiger partial charge in [-0.2, -0.15) is 0 Å². The summed E-state index contributed by atoms with van der Waals surface area (Å²) in [6, 6.07) is 9.00. The number of para-hydroxylation sites is 2. The van der Waals surface area contributed by atoms with Gasteiger partial charge in [0.25, 0.3) is 0 Å². The Balaban J connectivity index is 0.000000311. The van der Waals surface area contributed by atoms with Crippen LogP contribution in [0.3, 0.4) is 0 Å². The molecule has 12 nitrogen and oxygen atoms in total. The zero-order chi connectivity index (χ0) is 22.5. The molecule has 0 aliphatic carbocycles. The molecule has 0 unspecified atom stereocenters. The van der Waals surface area contributed by atoms with Crippen LogP contribution in [-0.4, -0.2) is 50.5 Å². The zero-order valence-corrected chi connectivity index (χ0v) is 16.6. The first-order valence-electron chi connectivity index (χ1n) is 8.62. The minimum Gasteiger partial charge on any atom is -0.489 e. The highest BCUT2D eigenvalue weighted by molar-refractivity contribution is 5.70. The molecule has 0 heterocycles. The third kappa shape index (κ3) is 7.41. The predicted molar refractivity (Wildman–Crippen MR) is 110 cm³/mol. The maximum absolute atomic E-state index is 10.8. The summed E-state index contributed by atoms with van der Waals surface area (Å²) in [6.45, 7) is 1.33. The average molecular weight is 424 g/mol. The second-order valence-electron chi connectivity index (χ2n) is 5.58. The van der Waals surface area contributed by atoms with Crippen LogP contribution < -0.4 is 20.9 Å². The van der Waals surface area contributed by atoms with Gasteiger partial charge in [-0.25, -0.2) is 0 Å². The van der Waals surface area contributed by atoms with Crippen LogP contribution in [0.25, 0.3) is 0 Å². The monoisotopic (exact) mass is 424 g/mol. The summed E-state index contributed by atoms with van der Waals surface area (Å²) >= 11 is 0. The van der Waals surface area contributed by atoms with Crippen molar-refractivity contribution in [2.24, 2.45) is 0 Å². The lowest BCUT2D eigenvalue weighted by Gasteiger charge is -2.09. The van der Waals surface area contributed by atoms with E-state index < -0.39 is 21.2 Å². The molecule has 2 rings (SSSR count). The average Bonchev–Trinajstić information content (AvgIpc) is 2.71. The van der Waals surface area contributed by atoms with E-state index >= 15 is 0 Å². The van der Waals surface area contributed by atoms with Crippen molar-refractivity contribution >= 4 is 22.7 Å². The van der Waals surface area contributed by atoms with Crippen LogP contribution in [0.2, 0.25) is 0 Å². The maximum Gasteiger partial charge on any atom is 0.387 e. The molecule has 2 aromatic rings. The van der Waals surface area contributed by atoms with Crippen molar-refractivity contribution in [3.05, 3.63) is 56.6 Å². The van der Waals surface area contributed by atoms with Gasteiger partial charge in [-0.05, 0) is 18.2 Å². The van der Waals surface area contributed by atoms with E-state index in [0.717, 1.165) is 6.07 Å². The highest BCUT2D eigenvalue weighted by Crippen LogP contribution is 2.35.